The van der Waals surface area contributed by atoms with Gasteiger partial charge in [-0.25, -0.2) is 4.98 Å². The Hall–Kier alpha value is -3.19. The van der Waals surface area contributed by atoms with Gasteiger partial charge in [0.15, 0.2) is 5.69 Å². The summed E-state index contributed by atoms with van der Waals surface area (Å²) in [5, 5.41) is 16.4. The highest BCUT2D eigenvalue weighted by Crippen LogP contribution is 2.21. The fourth-order valence-corrected chi connectivity index (χ4v) is 3.21. The summed E-state index contributed by atoms with van der Waals surface area (Å²) >= 11 is 12.0. The third-order valence-corrected chi connectivity index (χ3v) is 4.91. The van der Waals surface area contributed by atoms with Crippen molar-refractivity contribution >= 4 is 45.6 Å². The highest BCUT2D eigenvalue weighted by atomic mass is 35.5. The van der Waals surface area contributed by atoms with E-state index in [1.54, 1.807) is 42.5 Å². The molecule has 1 atom stereocenters. The second kappa shape index (κ2) is 8.67. The maximum Gasteiger partial charge on any atom is 0.276 e. The Morgan fingerprint density at radius 3 is 2.43 bits per heavy atom. The largest absolute Gasteiger partial charge is 0.382 e. The van der Waals surface area contributed by atoms with Crippen molar-refractivity contribution in [3.8, 4) is 0 Å². The number of aromatic amines is 1. The second-order valence-corrected chi connectivity index (χ2v) is 7.38. The molecule has 1 heterocycles. The van der Waals surface area contributed by atoms with Crippen LogP contribution in [0.25, 0.3) is 11.0 Å². The molecule has 1 unspecified atom stereocenters. The molecule has 0 bridgehead atoms. The van der Waals surface area contributed by atoms with Gasteiger partial charge >= 0.3 is 0 Å². The van der Waals surface area contributed by atoms with Gasteiger partial charge in [0.25, 0.3) is 5.56 Å². The molecule has 0 aliphatic carbocycles. The van der Waals surface area contributed by atoms with Gasteiger partial charge in [0.1, 0.15) is 11.8 Å². The molecular formula is C22H16Cl2N4O2. The van der Waals surface area contributed by atoms with Crippen molar-refractivity contribution in [3.63, 3.8) is 0 Å². The maximum absolute atomic E-state index is 12.8. The Labute approximate surface area is 181 Å². The molecule has 4 aromatic rings. The summed E-state index contributed by atoms with van der Waals surface area (Å²) in [6.07, 6.45) is -1.21. The van der Waals surface area contributed by atoms with Crippen LogP contribution in [0.2, 0.25) is 10.0 Å². The average Bonchev–Trinajstić information content (AvgIpc) is 2.75. The SMILES string of the molecule is O=c1[nH]c2cc(Cl)ccc2nc1/C(=N/Nc1ccccc1)C(O)c1ccc(Cl)cc1. The molecule has 3 aromatic carbocycles. The number of aromatic nitrogens is 2. The van der Waals surface area contributed by atoms with E-state index in [4.69, 9.17) is 23.2 Å². The van der Waals surface area contributed by atoms with Crippen molar-refractivity contribution in [2.75, 3.05) is 5.43 Å². The monoisotopic (exact) mass is 438 g/mol. The van der Waals surface area contributed by atoms with Crippen molar-refractivity contribution in [2.24, 2.45) is 5.10 Å². The predicted molar refractivity (Wildman–Crippen MR) is 120 cm³/mol. The number of aliphatic hydroxyl groups excluding tert-OH is 1. The molecule has 0 aliphatic heterocycles. The second-order valence-electron chi connectivity index (χ2n) is 6.50. The number of hydrogen-bond donors (Lipinski definition) is 3. The van der Waals surface area contributed by atoms with Gasteiger partial charge in [-0.2, -0.15) is 5.10 Å². The van der Waals surface area contributed by atoms with Crippen molar-refractivity contribution < 1.29 is 5.11 Å². The lowest BCUT2D eigenvalue weighted by Gasteiger charge is -2.15. The fraction of sp³-hybridized carbons (Fsp3) is 0.0455. The number of benzene rings is 3. The molecule has 0 saturated carbocycles. The molecule has 3 N–H and O–H groups in total. The Balaban J connectivity index is 1.83. The number of nitrogens with zero attached hydrogens (tertiary/aromatic N) is 2. The Morgan fingerprint density at radius 1 is 1.00 bits per heavy atom. The van der Waals surface area contributed by atoms with Crippen molar-refractivity contribution in [1.29, 1.82) is 0 Å². The van der Waals surface area contributed by atoms with Crippen LogP contribution in [0.1, 0.15) is 17.4 Å². The predicted octanol–water partition coefficient (Wildman–Crippen LogP) is 4.78. The molecule has 0 radical (unpaired) electrons. The first-order valence-electron chi connectivity index (χ1n) is 9.03. The Bertz CT molecular complexity index is 1270. The summed E-state index contributed by atoms with van der Waals surface area (Å²) in [6.45, 7) is 0. The number of halogens is 2. The number of aliphatic hydroxyl groups is 1. The maximum atomic E-state index is 12.8. The lowest BCUT2D eigenvalue weighted by atomic mass is 10.0. The van der Waals surface area contributed by atoms with Crippen LogP contribution in [0.5, 0.6) is 0 Å². The van der Waals surface area contributed by atoms with Crippen molar-refractivity contribution in [3.05, 3.63) is 104 Å². The van der Waals surface area contributed by atoms with Crippen LogP contribution in [-0.2, 0) is 0 Å². The van der Waals surface area contributed by atoms with E-state index < -0.39 is 11.7 Å². The minimum Gasteiger partial charge on any atom is -0.382 e. The molecule has 30 heavy (non-hydrogen) atoms. The summed E-state index contributed by atoms with van der Waals surface area (Å²) in [5.41, 5.74) is 4.68. The number of H-pyrrole nitrogens is 1. The molecule has 0 fully saturated rings. The van der Waals surface area contributed by atoms with E-state index in [1.165, 1.54) is 0 Å². The molecule has 4 rings (SSSR count). The summed E-state index contributed by atoms with van der Waals surface area (Å²) in [7, 11) is 0. The Kier molecular flexibility index (Phi) is 5.81. The standard InChI is InChI=1S/C22H16Cl2N4O2/c23-14-8-6-13(7-9-14)21(29)19(28-27-16-4-2-1-3-5-16)20-22(30)26-18-12-15(24)10-11-17(18)25-20/h1-12,21,27,29H,(H,26,30)/b28-19-. The molecule has 8 heteroatoms. The minimum absolute atomic E-state index is 0.00398. The smallest absolute Gasteiger partial charge is 0.276 e. The number of rotatable bonds is 5. The number of hydrogen-bond acceptors (Lipinski definition) is 5. The van der Waals surface area contributed by atoms with Gasteiger partial charge in [0.05, 0.1) is 16.7 Å². The van der Waals surface area contributed by atoms with Gasteiger partial charge in [0.2, 0.25) is 0 Å². The number of nitrogens with one attached hydrogen (secondary N) is 2. The Morgan fingerprint density at radius 2 is 1.70 bits per heavy atom. The van der Waals surface area contributed by atoms with Gasteiger partial charge < -0.3 is 10.1 Å². The molecule has 0 spiro atoms. The van der Waals surface area contributed by atoms with E-state index in [1.807, 2.05) is 30.3 Å². The van der Waals surface area contributed by atoms with Gasteiger partial charge in [-0.1, -0.05) is 53.5 Å². The van der Waals surface area contributed by atoms with Crippen LogP contribution < -0.4 is 11.0 Å². The quantitative estimate of drug-likeness (QED) is 0.308. The molecule has 150 valence electrons. The molecular weight excluding hydrogens is 423 g/mol. The fourth-order valence-electron chi connectivity index (χ4n) is 2.92. The molecule has 0 amide bonds. The first-order chi connectivity index (χ1) is 14.5. The van der Waals surface area contributed by atoms with Crippen molar-refractivity contribution in [2.45, 2.75) is 6.10 Å². The van der Waals surface area contributed by atoms with E-state index in [9.17, 15) is 9.90 Å². The number of hydrazone groups is 1. The first kappa shape index (κ1) is 20.1. The number of para-hydroxylation sites is 1. The van der Waals surface area contributed by atoms with Crippen LogP contribution in [0.3, 0.4) is 0 Å². The lowest BCUT2D eigenvalue weighted by molar-refractivity contribution is 0.247. The van der Waals surface area contributed by atoms with Gasteiger partial charge in [-0.05, 0) is 48.0 Å². The summed E-state index contributed by atoms with van der Waals surface area (Å²) in [6, 6.07) is 20.8. The van der Waals surface area contributed by atoms with Crippen LogP contribution in [-0.4, -0.2) is 20.8 Å². The van der Waals surface area contributed by atoms with Gasteiger partial charge in [-0.3, -0.25) is 10.2 Å². The summed E-state index contributed by atoms with van der Waals surface area (Å²) < 4.78 is 0. The van der Waals surface area contributed by atoms with E-state index in [-0.39, 0.29) is 11.4 Å². The van der Waals surface area contributed by atoms with E-state index >= 15 is 0 Å². The van der Waals surface area contributed by atoms with E-state index in [0.717, 1.165) is 0 Å². The zero-order valence-corrected chi connectivity index (χ0v) is 17.0. The normalized spacial score (nSPS) is 12.7. The topological polar surface area (TPSA) is 90.4 Å². The third-order valence-electron chi connectivity index (χ3n) is 4.42. The van der Waals surface area contributed by atoms with Crippen molar-refractivity contribution in [1.82, 2.24) is 9.97 Å². The van der Waals surface area contributed by atoms with E-state index in [2.05, 4.69) is 20.5 Å². The molecule has 0 aliphatic rings. The summed E-state index contributed by atoms with van der Waals surface area (Å²) in [4.78, 5) is 20.0. The number of fused-ring (bicyclic) bond motifs is 1. The molecule has 0 saturated heterocycles. The lowest BCUT2D eigenvalue weighted by Crippen LogP contribution is -2.26. The number of anilines is 1. The van der Waals surface area contributed by atoms with Crippen LogP contribution in [0.4, 0.5) is 5.69 Å². The van der Waals surface area contributed by atoms with Crippen LogP contribution in [0.15, 0.2) is 82.7 Å². The average molecular weight is 439 g/mol. The zero-order chi connectivity index (χ0) is 21.1. The molecule has 6 nitrogen and oxygen atoms in total. The highest BCUT2D eigenvalue weighted by molar-refractivity contribution is 6.31. The van der Waals surface area contributed by atoms with Gasteiger partial charge in [0, 0.05) is 10.0 Å². The van der Waals surface area contributed by atoms with Crippen LogP contribution in [0, 0.1) is 0 Å². The minimum atomic E-state index is -1.21. The van der Waals surface area contributed by atoms with Crippen LogP contribution >= 0.6 is 23.2 Å². The molecule has 1 aromatic heterocycles. The zero-order valence-electron chi connectivity index (χ0n) is 15.5. The van der Waals surface area contributed by atoms with E-state index in [0.29, 0.717) is 32.3 Å². The highest BCUT2D eigenvalue weighted by Gasteiger charge is 2.22. The summed E-state index contributed by atoms with van der Waals surface area (Å²) in [5.74, 6) is 0. The first-order valence-corrected chi connectivity index (χ1v) is 9.79. The third kappa shape index (κ3) is 4.36. The van der Waals surface area contributed by atoms with Gasteiger partial charge in [-0.15, -0.1) is 0 Å².